The summed E-state index contributed by atoms with van der Waals surface area (Å²) in [7, 11) is 0. The molecule has 0 atom stereocenters. The number of carbonyl (C=O) groups is 2. The number of rotatable bonds is 5. The first kappa shape index (κ1) is 16.6. The van der Waals surface area contributed by atoms with Gasteiger partial charge in [-0.1, -0.05) is 0 Å². The molecule has 1 aliphatic carbocycles. The molecule has 1 aromatic heterocycles. The lowest BCUT2D eigenvalue weighted by Crippen LogP contribution is -2.19. The Morgan fingerprint density at radius 2 is 1.62 bits per heavy atom. The number of carbonyl (C=O) groups excluding carboxylic acids is 2. The maximum absolute atomic E-state index is 12.4. The molecule has 2 heterocycles. The van der Waals surface area contributed by atoms with Crippen molar-refractivity contribution in [2.75, 3.05) is 28.6 Å². The minimum Gasteiger partial charge on any atom is -0.357 e. The number of hydrogen-bond donors (Lipinski definition) is 2. The fraction of sp³-hybridized carbons (Fsp3) is 0.350. The van der Waals surface area contributed by atoms with Crippen molar-refractivity contribution in [2.24, 2.45) is 5.92 Å². The van der Waals surface area contributed by atoms with Gasteiger partial charge in [0.05, 0.1) is 11.9 Å². The van der Waals surface area contributed by atoms with E-state index < -0.39 is 0 Å². The standard InChI is InChI=1S/C20H22N4O2/c25-19(14-3-4-14)22-16-7-5-15(6-8-16)20(26)23-17-9-10-18(21-13-17)24-11-1-2-12-24/h5-10,13-14H,1-4,11-12H2,(H,22,25)(H,23,26). The van der Waals surface area contributed by atoms with Gasteiger partial charge in [-0.2, -0.15) is 0 Å². The number of anilines is 3. The fourth-order valence-electron chi connectivity index (χ4n) is 3.09. The largest absolute Gasteiger partial charge is 0.357 e. The van der Waals surface area contributed by atoms with Crippen LogP contribution in [0.15, 0.2) is 42.6 Å². The minimum atomic E-state index is -0.194. The molecule has 26 heavy (non-hydrogen) atoms. The van der Waals surface area contributed by atoms with E-state index in [4.69, 9.17) is 0 Å². The minimum absolute atomic E-state index is 0.0615. The Kier molecular flexibility index (Phi) is 4.56. The van der Waals surface area contributed by atoms with Crippen molar-refractivity contribution in [3.8, 4) is 0 Å². The zero-order valence-electron chi connectivity index (χ0n) is 14.6. The van der Waals surface area contributed by atoms with Crippen molar-refractivity contribution in [1.29, 1.82) is 0 Å². The molecular formula is C20H22N4O2. The fourth-order valence-corrected chi connectivity index (χ4v) is 3.09. The van der Waals surface area contributed by atoms with Crippen molar-refractivity contribution in [3.05, 3.63) is 48.2 Å². The molecule has 1 saturated heterocycles. The first-order chi connectivity index (χ1) is 12.7. The number of hydrogen-bond acceptors (Lipinski definition) is 4. The van der Waals surface area contributed by atoms with Gasteiger partial charge in [-0.3, -0.25) is 9.59 Å². The summed E-state index contributed by atoms with van der Waals surface area (Å²) in [6.45, 7) is 2.09. The Hall–Kier alpha value is -2.89. The van der Waals surface area contributed by atoms with E-state index >= 15 is 0 Å². The van der Waals surface area contributed by atoms with Gasteiger partial charge in [-0.25, -0.2) is 4.98 Å². The lowest BCUT2D eigenvalue weighted by Gasteiger charge is -2.16. The molecule has 2 N–H and O–H groups in total. The Bertz CT molecular complexity index is 792. The second-order valence-corrected chi connectivity index (χ2v) is 6.89. The summed E-state index contributed by atoms with van der Waals surface area (Å²) in [5, 5.41) is 5.72. The number of nitrogens with one attached hydrogen (secondary N) is 2. The van der Waals surface area contributed by atoms with Crippen LogP contribution in [0, 0.1) is 5.92 Å². The van der Waals surface area contributed by atoms with Gasteiger partial charge in [0, 0.05) is 30.3 Å². The van der Waals surface area contributed by atoms with Crippen molar-refractivity contribution in [3.63, 3.8) is 0 Å². The van der Waals surface area contributed by atoms with E-state index in [1.807, 2.05) is 12.1 Å². The van der Waals surface area contributed by atoms with E-state index in [0.717, 1.165) is 37.4 Å². The molecule has 0 radical (unpaired) electrons. The first-order valence-electron chi connectivity index (χ1n) is 9.12. The molecule has 6 nitrogen and oxygen atoms in total. The molecule has 6 heteroatoms. The van der Waals surface area contributed by atoms with Gasteiger partial charge in [0.15, 0.2) is 0 Å². The third kappa shape index (κ3) is 3.85. The van der Waals surface area contributed by atoms with Crippen molar-refractivity contribution in [1.82, 2.24) is 4.98 Å². The highest BCUT2D eigenvalue weighted by Gasteiger charge is 2.29. The van der Waals surface area contributed by atoms with Crippen molar-refractivity contribution in [2.45, 2.75) is 25.7 Å². The van der Waals surface area contributed by atoms with Crippen LogP contribution in [-0.2, 0) is 4.79 Å². The second-order valence-electron chi connectivity index (χ2n) is 6.89. The van der Waals surface area contributed by atoms with Crippen LogP contribution in [0.3, 0.4) is 0 Å². The van der Waals surface area contributed by atoms with Crippen molar-refractivity contribution >= 4 is 29.0 Å². The summed E-state index contributed by atoms with van der Waals surface area (Å²) < 4.78 is 0. The zero-order chi connectivity index (χ0) is 17.9. The topological polar surface area (TPSA) is 74.3 Å². The Labute approximate surface area is 152 Å². The average Bonchev–Trinajstić information content (AvgIpc) is 3.38. The van der Waals surface area contributed by atoms with E-state index in [1.165, 1.54) is 12.8 Å². The van der Waals surface area contributed by atoms with E-state index in [2.05, 4.69) is 20.5 Å². The molecular weight excluding hydrogens is 328 g/mol. The molecule has 1 saturated carbocycles. The lowest BCUT2D eigenvalue weighted by atomic mass is 10.2. The molecule has 0 unspecified atom stereocenters. The quantitative estimate of drug-likeness (QED) is 0.868. The lowest BCUT2D eigenvalue weighted by molar-refractivity contribution is -0.117. The Morgan fingerprint density at radius 3 is 2.23 bits per heavy atom. The van der Waals surface area contributed by atoms with Gasteiger partial charge in [-0.15, -0.1) is 0 Å². The van der Waals surface area contributed by atoms with E-state index in [9.17, 15) is 9.59 Å². The van der Waals surface area contributed by atoms with E-state index in [0.29, 0.717) is 11.3 Å². The smallest absolute Gasteiger partial charge is 0.255 e. The van der Waals surface area contributed by atoms with Crippen LogP contribution in [0.2, 0.25) is 0 Å². The maximum Gasteiger partial charge on any atom is 0.255 e. The zero-order valence-corrected chi connectivity index (χ0v) is 14.6. The summed E-state index contributed by atoms with van der Waals surface area (Å²) in [4.78, 5) is 30.8. The highest BCUT2D eigenvalue weighted by molar-refractivity contribution is 6.04. The summed E-state index contributed by atoms with van der Waals surface area (Å²) >= 11 is 0. The van der Waals surface area contributed by atoms with Gasteiger partial charge < -0.3 is 15.5 Å². The van der Waals surface area contributed by atoms with E-state index in [-0.39, 0.29) is 17.7 Å². The first-order valence-corrected chi connectivity index (χ1v) is 9.12. The molecule has 0 bridgehead atoms. The molecule has 134 valence electrons. The number of nitrogens with zero attached hydrogens (tertiary/aromatic N) is 2. The normalized spacial score (nSPS) is 16.4. The maximum atomic E-state index is 12.4. The molecule has 2 aromatic rings. The van der Waals surface area contributed by atoms with Crippen LogP contribution in [0.5, 0.6) is 0 Å². The van der Waals surface area contributed by atoms with Crippen LogP contribution in [0.4, 0.5) is 17.2 Å². The molecule has 2 aliphatic rings. The highest BCUT2D eigenvalue weighted by Crippen LogP contribution is 2.30. The van der Waals surface area contributed by atoms with Gasteiger partial charge in [0.2, 0.25) is 5.91 Å². The highest BCUT2D eigenvalue weighted by atomic mass is 16.2. The predicted molar refractivity (Wildman–Crippen MR) is 101 cm³/mol. The number of pyridine rings is 1. The molecule has 4 rings (SSSR count). The predicted octanol–water partition coefficient (Wildman–Crippen LogP) is 3.28. The summed E-state index contributed by atoms with van der Waals surface area (Å²) in [5.41, 5.74) is 1.93. The van der Waals surface area contributed by atoms with Crippen LogP contribution >= 0.6 is 0 Å². The summed E-state index contributed by atoms with van der Waals surface area (Å²) in [6.07, 6.45) is 6.04. The number of amides is 2. The Morgan fingerprint density at radius 1 is 0.923 bits per heavy atom. The van der Waals surface area contributed by atoms with Crippen LogP contribution < -0.4 is 15.5 Å². The third-order valence-electron chi connectivity index (χ3n) is 4.80. The second kappa shape index (κ2) is 7.15. The van der Waals surface area contributed by atoms with Crippen LogP contribution in [0.1, 0.15) is 36.0 Å². The van der Waals surface area contributed by atoms with Crippen LogP contribution in [-0.4, -0.2) is 29.9 Å². The van der Waals surface area contributed by atoms with Crippen LogP contribution in [0.25, 0.3) is 0 Å². The summed E-state index contributed by atoms with van der Waals surface area (Å²) in [6, 6.07) is 10.8. The molecule has 1 aliphatic heterocycles. The SMILES string of the molecule is O=C(Nc1ccc(N2CCCC2)nc1)c1ccc(NC(=O)C2CC2)cc1. The van der Waals surface area contributed by atoms with Gasteiger partial charge in [0.1, 0.15) is 5.82 Å². The van der Waals surface area contributed by atoms with Gasteiger partial charge in [-0.05, 0) is 62.1 Å². The molecule has 2 amide bonds. The van der Waals surface area contributed by atoms with E-state index in [1.54, 1.807) is 30.5 Å². The summed E-state index contributed by atoms with van der Waals surface area (Å²) in [5.74, 6) is 0.984. The number of aromatic nitrogens is 1. The van der Waals surface area contributed by atoms with Crippen molar-refractivity contribution < 1.29 is 9.59 Å². The monoisotopic (exact) mass is 350 g/mol. The molecule has 0 spiro atoms. The van der Waals surface area contributed by atoms with Gasteiger partial charge >= 0.3 is 0 Å². The molecule has 2 fully saturated rings. The third-order valence-corrected chi connectivity index (χ3v) is 4.80. The number of benzene rings is 1. The average molecular weight is 350 g/mol. The van der Waals surface area contributed by atoms with Gasteiger partial charge in [0.25, 0.3) is 5.91 Å². The Balaban J connectivity index is 1.35. The molecule has 1 aromatic carbocycles.